The third-order valence-corrected chi connectivity index (χ3v) is 2.97. The highest BCUT2D eigenvalue weighted by Crippen LogP contribution is 2.30. The van der Waals surface area contributed by atoms with Crippen LogP contribution in [0.5, 0.6) is 0 Å². The van der Waals surface area contributed by atoms with E-state index in [0.717, 1.165) is 12.8 Å². The maximum atomic E-state index is 11.1. The van der Waals surface area contributed by atoms with Crippen molar-refractivity contribution < 1.29 is 14.6 Å². The molecule has 15 heavy (non-hydrogen) atoms. The summed E-state index contributed by atoms with van der Waals surface area (Å²) < 4.78 is 4.81. The van der Waals surface area contributed by atoms with Crippen molar-refractivity contribution in [2.45, 2.75) is 32.6 Å². The van der Waals surface area contributed by atoms with Crippen LogP contribution in [0.25, 0.3) is 0 Å². The van der Waals surface area contributed by atoms with Crippen LogP contribution in [0.15, 0.2) is 12.2 Å². The van der Waals surface area contributed by atoms with Gasteiger partial charge in [-0.1, -0.05) is 18.9 Å². The predicted octanol–water partition coefficient (Wildman–Crippen LogP) is 1.90. The first-order valence-corrected chi connectivity index (χ1v) is 5.73. The van der Waals surface area contributed by atoms with Crippen molar-refractivity contribution in [2.24, 2.45) is 11.8 Å². The van der Waals surface area contributed by atoms with Crippen LogP contribution in [-0.4, -0.2) is 24.3 Å². The maximum Gasteiger partial charge on any atom is 0.330 e. The van der Waals surface area contributed by atoms with Crippen molar-refractivity contribution in [3.63, 3.8) is 0 Å². The first kappa shape index (κ1) is 12.2. The normalized spacial score (nSPS) is 26.8. The highest BCUT2D eigenvalue weighted by Gasteiger charge is 2.22. The zero-order valence-electron chi connectivity index (χ0n) is 9.32. The molecule has 2 atom stereocenters. The van der Waals surface area contributed by atoms with E-state index >= 15 is 0 Å². The third-order valence-electron chi connectivity index (χ3n) is 2.97. The van der Waals surface area contributed by atoms with Gasteiger partial charge in [0.25, 0.3) is 0 Å². The summed E-state index contributed by atoms with van der Waals surface area (Å²) in [6.45, 7) is 2.43. The van der Waals surface area contributed by atoms with E-state index in [1.54, 1.807) is 6.92 Å². The van der Waals surface area contributed by atoms with Crippen molar-refractivity contribution in [3.8, 4) is 0 Å². The van der Waals surface area contributed by atoms with Gasteiger partial charge in [-0.05, 0) is 31.6 Å². The van der Waals surface area contributed by atoms with Crippen LogP contribution in [0.3, 0.4) is 0 Å². The van der Waals surface area contributed by atoms with Gasteiger partial charge in [-0.25, -0.2) is 4.79 Å². The van der Waals surface area contributed by atoms with E-state index in [2.05, 4.69) is 0 Å². The Bertz CT molecular complexity index is 223. The number of allylic oxidation sites excluding steroid dienone is 1. The lowest BCUT2D eigenvalue weighted by Gasteiger charge is -2.27. The molecule has 0 spiro atoms. The Kier molecular flexibility index (Phi) is 5.40. The van der Waals surface area contributed by atoms with Crippen LogP contribution in [0, 0.1) is 11.8 Å². The minimum absolute atomic E-state index is 0.220. The van der Waals surface area contributed by atoms with E-state index < -0.39 is 0 Å². The van der Waals surface area contributed by atoms with Crippen LogP contribution in [0.1, 0.15) is 32.6 Å². The smallest absolute Gasteiger partial charge is 0.330 e. The zero-order chi connectivity index (χ0) is 11.1. The number of carbonyl (C=O) groups is 1. The molecule has 1 aliphatic rings. The summed E-state index contributed by atoms with van der Waals surface area (Å²) in [6, 6.07) is 0. The van der Waals surface area contributed by atoms with Crippen LogP contribution in [0.4, 0.5) is 0 Å². The summed E-state index contributed by atoms with van der Waals surface area (Å²) in [5, 5.41) is 9.18. The Labute approximate surface area is 91.1 Å². The lowest BCUT2D eigenvalue weighted by molar-refractivity contribution is -0.137. The lowest BCUT2D eigenvalue weighted by Crippen LogP contribution is -2.21. The van der Waals surface area contributed by atoms with Gasteiger partial charge in [-0.2, -0.15) is 0 Å². The molecule has 0 aliphatic heterocycles. The number of hydrogen-bond acceptors (Lipinski definition) is 3. The molecule has 0 radical (unpaired) electrons. The van der Waals surface area contributed by atoms with Crippen molar-refractivity contribution in [1.82, 2.24) is 0 Å². The Balaban J connectivity index is 2.43. The topological polar surface area (TPSA) is 46.5 Å². The summed E-state index contributed by atoms with van der Waals surface area (Å²) >= 11 is 0. The molecule has 0 saturated heterocycles. The van der Waals surface area contributed by atoms with Gasteiger partial charge < -0.3 is 9.84 Å². The van der Waals surface area contributed by atoms with E-state index in [9.17, 15) is 9.90 Å². The van der Waals surface area contributed by atoms with Gasteiger partial charge in [0.2, 0.25) is 0 Å². The second kappa shape index (κ2) is 6.62. The number of rotatable bonds is 4. The Morgan fingerprint density at radius 3 is 2.87 bits per heavy atom. The first-order chi connectivity index (χ1) is 7.27. The van der Waals surface area contributed by atoms with E-state index in [1.165, 1.54) is 18.9 Å². The van der Waals surface area contributed by atoms with Gasteiger partial charge in [0.1, 0.15) is 0 Å². The molecular weight excluding hydrogens is 192 g/mol. The number of hydrogen-bond donors (Lipinski definition) is 1. The van der Waals surface area contributed by atoms with Crippen LogP contribution in [-0.2, 0) is 9.53 Å². The SMILES string of the molecule is CCOC(=O)/C=C/[C@H]1CCCC[C@H]1CO. The molecule has 0 unspecified atom stereocenters. The first-order valence-electron chi connectivity index (χ1n) is 5.73. The molecule has 3 nitrogen and oxygen atoms in total. The number of esters is 1. The monoisotopic (exact) mass is 212 g/mol. The molecule has 3 heteroatoms. The molecular formula is C12H20O3. The number of ether oxygens (including phenoxy) is 1. The fourth-order valence-electron chi connectivity index (χ4n) is 2.11. The third kappa shape index (κ3) is 4.04. The Hall–Kier alpha value is -0.830. The molecule has 0 heterocycles. The largest absolute Gasteiger partial charge is 0.463 e. The molecule has 1 saturated carbocycles. The molecule has 1 fully saturated rings. The number of aliphatic hydroxyl groups excluding tert-OH is 1. The average Bonchev–Trinajstić information content (AvgIpc) is 2.27. The lowest BCUT2D eigenvalue weighted by atomic mass is 9.79. The van der Waals surface area contributed by atoms with E-state index in [4.69, 9.17) is 4.74 Å². The van der Waals surface area contributed by atoms with Crippen LogP contribution in [0.2, 0.25) is 0 Å². The summed E-state index contributed by atoms with van der Waals surface area (Å²) in [5.41, 5.74) is 0. The van der Waals surface area contributed by atoms with Crippen molar-refractivity contribution in [1.29, 1.82) is 0 Å². The minimum atomic E-state index is -0.278. The molecule has 0 aromatic carbocycles. The fourth-order valence-corrected chi connectivity index (χ4v) is 2.11. The predicted molar refractivity (Wildman–Crippen MR) is 58.3 cm³/mol. The molecule has 86 valence electrons. The summed E-state index contributed by atoms with van der Waals surface area (Å²) in [5.74, 6) is 0.386. The number of carbonyl (C=O) groups excluding carboxylic acids is 1. The minimum Gasteiger partial charge on any atom is -0.463 e. The van der Waals surface area contributed by atoms with Crippen LogP contribution >= 0.6 is 0 Å². The Morgan fingerprint density at radius 2 is 2.20 bits per heavy atom. The molecule has 1 N–H and O–H groups in total. The van der Waals surface area contributed by atoms with Crippen molar-refractivity contribution in [2.75, 3.05) is 13.2 Å². The molecule has 0 amide bonds. The van der Waals surface area contributed by atoms with E-state index in [1.807, 2.05) is 6.08 Å². The highest BCUT2D eigenvalue weighted by atomic mass is 16.5. The molecule has 0 aromatic rings. The van der Waals surface area contributed by atoms with Crippen molar-refractivity contribution in [3.05, 3.63) is 12.2 Å². The van der Waals surface area contributed by atoms with Gasteiger partial charge in [0.15, 0.2) is 0 Å². The summed E-state index contributed by atoms with van der Waals surface area (Å²) in [6.07, 6.45) is 7.92. The van der Waals surface area contributed by atoms with Gasteiger partial charge >= 0.3 is 5.97 Å². The van der Waals surface area contributed by atoms with Gasteiger partial charge in [-0.3, -0.25) is 0 Å². The zero-order valence-corrected chi connectivity index (χ0v) is 9.32. The van der Waals surface area contributed by atoms with E-state index in [0.29, 0.717) is 18.4 Å². The maximum absolute atomic E-state index is 11.1. The van der Waals surface area contributed by atoms with E-state index in [-0.39, 0.29) is 12.6 Å². The summed E-state index contributed by atoms with van der Waals surface area (Å²) in [4.78, 5) is 11.1. The van der Waals surface area contributed by atoms with Crippen molar-refractivity contribution >= 4 is 5.97 Å². The second-order valence-corrected chi connectivity index (χ2v) is 4.00. The quantitative estimate of drug-likeness (QED) is 0.572. The molecule has 0 aromatic heterocycles. The fraction of sp³-hybridized carbons (Fsp3) is 0.750. The average molecular weight is 212 g/mol. The summed E-state index contributed by atoms with van der Waals surface area (Å²) in [7, 11) is 0. The van der Waals surface area contributed by atoms with Gasteiger partial charge in [0, 0.05) is 12.7 Å². The number of aliphatic hydroxyl groups is 1. The molecule has 0 bridgehead atoms. The molecule has 1 aliphatic carbocycles. The molecule has 1 rings (SSSR count). The van der Waals surface area contributed by atoms with Gasteiger partial charge in [0.05, 0.1) is 6.61 Å². The highest BCUT2D eigenvalue weighted by molar-refractivity contribution is 5.81. The standard InChI is InChI=1S/C12H20O3/c1-2-15-12(14)8-7-10-5-3-4-6-11(10)9-13/h7-8,10-11,13H,2-6,9H2,1H3/b8-7+/t10-,11+/m1/s1. The second-order valence-electron chi connectivity index (χ2n) is 4.00. The Morgan fingerprint density at radius 1 is 1.47 bits per heavy atom. The van der Waals surface area contributed by atoms with Gasteiger partial charge in [-0.15, -0.1) is 0 Å². The van der Waals surface area contributed by atoms with Crippen LogP contribution < -0.4 is 0 Å².